The van der Waals surface area contributed by atoms with E-state index in [2.05, 4.69) is 134 Å². The van der Waals surface area contributed by atoms with Gasteiger partial charge in [0.15, 0.2) is 0 Å². The number of aryl methyl sites for hydroxylation is 3. The Morgan fingerprint density at radius 1 is 0.490 bits per heavy atom. The summed E-state index contributed by atoms with van der Waals surface area (Å²) in [6.45, 7) is 33.6. The minimum atomic E-state index is 0.840. The second-order valence-corrected chi connectivity index (χ2v) is 13.3. The molecule has 0 N–H and O–H groups in total. The highest BCUT2D eigenvalue weighted by Crippen LogP contribution is 2.35. The molecule has 0 amide bonds. The van der Waals surface area contributed by atoms with E-state index in [0.717, 1.165) is 38.0 Å². The average Bonchev–Trinajstić information content (AvgIpc) is 3.16. The van der Waals surface area contributed by atoms with Gasteiger partial charge in [0, 0.05) is 63.7 Å². The van der Waals surface area contributed by atoms with Crippen molar-refractivity contribution < 1.29 is 0 Å². The molecule has 49 heavy (non-hydrogen) atoms. The lowest BCUT2D eigenvalue weighted by Crippen LogP contribution is -2.46. The molecule has 3 fully saturated rings. The van der Waals surface area contributed by atoms with Gasteiger partial charge in [0.25, 0.3) is 0 Å². The highest BCUT2D eigenvalue weighted by atomic mass is 15.3. The van der Waals surface area contributed by atoms with Gasteiger partial charge in [0.1, 0.15) is 0 Å². The Morgan fingerprint density at radius 3 is 1.20 bits per heavy atom. The van der Waals surface area contributed by atoms with Gasteiger partial charge in [-0.05, 0) is 88.9 Å². The van der Waals surface area contributed by atoms with Gasteiger partial charge in [-0.2, -0.15) is 0 Å². The molecule has 2 heterocycles. The molecule has 0 bridgehead atoms. The molecule has 3 aliphatic rings. The second kappa shape index (κ2) is 26.1. The molecule has 6 rings (SSSR count). The molecule has 0 radical (unpaired) electrons. The van der Waals surface area contributed by atoms with Crippen LogP contribution in [0.15, 0.2) is 72.8 Å². The topological polar surface area (TPSA) is 13.0 Å². The third-order valence-electron chi connectivity index (χ3n) is 9.69. The van der Waals surface area contributed by atoms with Crippen LogP contribution in [-0.4, -0.2) is 75.8 Å². The monoisotopic (exact) mass is 673 g/mol. The van der Waals surface area contributed by atoms with Crippen molar-refractivity contribution in [1.29, 1.82) is 0 Å². The van der Waals surface area contributed by atoms with Crippen molar-refractivity contribution in [3.63, 3.8) is 0 Å². The number of nitrogens with zero attached hydrogens (tertiary/aromatic N) is 4. The van der Waals surface area contributed by atoms with E-state index >= 15 is 0 Å². The highest BCUT2D eigenvalue weighted by Gasteiger charge is 2.19. The van der Waals surface area contributed by atoms with Crippen LogP contribution in [0.1, 0.15) is 109 Å². The zero-order valence-corrected chi connectivity index (χ0v) is 34.1. The Bertz CT molecular complexity index is 1100. The van der Waals surface area contributed by atoms with E-state index < -0.39 is 0 Å². The standard InChI is InChI=1S/C14H20.C13H20N2.C12H18N2.3C2H6/c1-11-3-7-13(8-4-11)14-9-5-12(2)6-10-14;1-3-14-8-10-15(11-9-14)13-6-4-12(2)5-7-13;1-11-3-5-12(6-4-11)14-9-7-13(2)8-10-14;3*1-2/h3-4,7-8,12,14H,5-6,9-10H2,1-2H3;4-7H,3,8-11H2,1-2H3;3-6H,7-10H2,1-2H3;3*1-2H3. The lowest BCUT2D eigenvalue weighted by Gasteiger charge is -2.35. The molecule has 2 saturated heterocycles. The summed E-state index contributed by atoms with van der Waals surface area (Å²) in [6.07, 6.45) is 5.62. The van der Waals surface area contributed by atoms with E-state index in [1.54, 1.807) is 5.56 Å². The summed E-state index contributed by atoms with van der Waals surface area (Å²) in [6, 6.07) is 26.8. The van der Waals surface area contributed by atoms with Crippen LogP contribution in [0.3, 0.4) is 0 Å². The third kappa shape index (κ3) is 16.6. The van der Waals surface area contributed by atoms with Crippen LogP contribution in [-0.2, 0) is 0 Å². The van der Waals surface area contributed by atoms with Gasteiger partial charge in [0.2, 0.25) is 0 Å². The second-order valence-electron chi connectivity index (χ2n) is 13.3. The molecular formula is C45H76N4. The maximum Gasteiger partial charge on any atom is 0.0367 e. The zero-order chi connectivity index (χ0) is 36.6. The van der Waals surface area contributed by atoms with Crippen LogP contribution >= 0.6 is 0 Å². The number of benzene rings is 3. The molecule has 3 aromatic rings. The van der Waals surface area contributed by atoms with Crippen molar-refractivity contribution in [3.8, 4) is 0 Å². The summed E-state index contributed by atoms with van der Waals surface area (Å²) < 4.78 is 0. The summed E-state index contributed by atoms with van der Waals surface area (Å²) in [4.78, 5) is 9.82. The first kappa shape index (κ1) is 44.2. The molecule has 4 heteroatoms. The fourth-order valence-electron chi connectivity index (χ4n) is 6.33. The molecule has 0 spiro atoms. The number of likely N-dealkylation sites (N-methyl/N-ethyl adjacent to an activating group) is 2. The number of anilines is 2. The van der Waals surface area contributed by atoms with Gasteiger partial charge in [-0.3, -0.25) is 0 Å². The Kier molecular flexibility index (Phi) is 23.5. The molecule has 3 aromatic carbocycles. The summed E-state index contributed by atoms with van der Waals surface area (Å²) >= 11 is 0. The molecule has 1 saturated carbocycles. The van der Waals surface area contributed by atoms with Gasteiger partial charge >= 0.3 is 0 Å². The largest absolute Gasteiger partial charge is 0.369 e. The predicted molar refractivity (Wildman–Crippen MR) is 222 cm³/mol. The Hall–Kier alpha value is -2.82. The van der Waals surface area contributed by atoms with E-state index in [1.807, 2.05) is 41.5 Å². The molecule has 1 aliphatic carbocycles. The molecule has 4 nitrogen and oxygen atoms in total. The number of piperazine rings is 2. The number of hydrogen-bond acceptors (Lipinski definition) is 4. The SMILES string of the molecule is CC.CC.CC.CCN1CCN(c2ccc(C)cc2)CC1.Cc1ccc(C2CCC(C)CC2)cc1.Cc1ccc(N2CCN(C)CC2)cc1. The Labute approximate surface area is 304 Å². The first-order chi connectivity index (χ1) is 23.8. The van der Waals surface area contributed by atoms with Gasteiger partial charge in [-0.1, -0.05) is 133 Å². The third-order valence-corrected chi connectivity index (χ3v) is 9.69. The zero-order valence-electron chi connectivity index (χ0n) is 34.1. The van der Waals surface area contributed by atoms with E-state index in [9.17, 15) is 0 Å². The van der Waals surface area contributed by atoms with Crippen molar-refractivity contribution in [1.82, 2.24) is 9.80 Å². The van der Waals surface area contributed by atoms with Crippen LogP contribution in [0.25, 0.3) is 0 Å². The summed E-state index contributed by atoms with van der Waals surface area (Å²) in [5.74, 6) is 1.79. The van der Waals surface area contributed by atoms with E-state index in [4.69, 9.17) is 0 Å². The fraction of sp³-hybridized carbons (Fsp3) is 0.600. The molecule has 0 atom stereocenters. The maximum atomic E-state index is 2.50. The Morgan fingerprint density at radius 2 is 0.837 bits per heavy atom. The summed E-state index contributed by atoms with van der Waals surface area (Å²) in [5.41, 5.74) is 8.34. The minimum Gasteiger partial charge on any atom is -0.369 e. The molecule has 2 aliphatic heterocycles. The lowest BCUT2D eigenvalue weighted by molar-refractivity contribution is 0.271. The average molecular weight is 673 g/mol. The van der Waals surface area contributed by atoms with Crippen LogP contribution in [0.5, 0.6) is 0 Å². The van der Waals surface area contributed by atoms with Gasteiger partial charge < -0.3 is 19.6 Å². The molecule has 276 valence electrons. The fourth-order valence-corrected chi connectivity index (χ4v) is 6.33. The van der Waals surface area contributed by atoms with Gasteiger partial charge in [-0.15, -0.1) is 0 Å². The number of rotatable bonds is 4. The molecule has 0 unspecified atom stereocenters. The normalized spacial score (nSPS) is 19.1. The van der Waals surface area contributed by atoms with Crippen molar-refractivity contribution in [2.24, 2.45) is 5.92 Å². The van der Waals surface area contributed by atoms with Crippen LogP contribution in [0.2, 0.25) is 0 Å². The van der Waals surface area contributed by atoms with E-state index in [1.165, 1.54) is 86.5 Å². The van der Waals surface area contributed by atoms with Crippen molar-refractivity contribution in [3.05, 3.63) is 95.1 Å². The molecule has 0 aromatic heterocycles. The predicted octanol–water partition coefficient (Wildman–Crippen LogP) is 11.3. The highest BCUT2D eigenvalue weighted by molar-refractivity contribution is 5.48. The van der Waals surface area contributed by atoms with Gasteiger partial charge in [-0.25, -0.2) is 0 Å². The van der Waals surface area contributed by atoms with Crippen LogP contribution < -0.4 is 9.80 Å². The minimum absolute atomic E-state index is 0.840. The first-order valence-electron chi connectivity index (χ1n) is 19.9. The van der Waals surface area contributed by atoms with Crippen molar-refractivity contribution in [2.45, 2.75) is 108 Å². The Balaban J connectivity index is 0.000000341. The number of hydrogen-bond donors (Lipinski definition) is 0. The smallest absolute Gasteiger partial charge is 0.0367 e. The lowest BCUT2D eigenvalue weighted by atomic mass is 9.79. The summed E-state index contributed by atoms with van der Waals surface area (Å²) in [5, 5.41) is 0. The van der Waals surface area contributed by atoms with E-state index in [0.29, 0.717) is 0 Å². The van der Waals surface area contributed by atoms with Crippen molar-refractivity contribution >= 4 is 11.4 Å². The summed E-state index contributed by atoms with van der Waals surface area (Å²) in [7, 11) is 2.19. The quantitative estimate of drug-likeness (QED) is 0.273. The van der Waals surface area contributed by atoms with Gasteiger partial charge in [0.05, 0.1) is 0 Å². The first-order valence-corrected chi connectivity index (χ1v) is 19.9. The maximum absolute atomic E-state index is 2.50. The van der Waals surface area contributed by atoms with Crippen LogP contribution in [0.4, 0.5) is 11.4 Å². The van der Waals surface area contributed by atoms with Crippen molar-refractivity contribution in [2.75, 3.05) is 75.8 Å². The molecular weight excluding hydrogens is 597 g/mol. The van der Waals surface area contributed by atoms with Crippen LogP contribution in [0, 0.1) is 26.7 Å². The van der Waals surface area contributed by atoms with E-state index in [-0.39, 0.29) is 0 Å².